The Hall–Kier alpha value is -4.06. The van der Waals surface area contributed by atoms with Gasteiger partial charge in [0.05, 0.1) is 32.8 Å². The molecule has 0 spiro atoms. The van der Waals surface area contributed by atoms with E-state index in [4.69, 9.17) is 21.4 Å². The third kappa shape index (κ3) is 5.54. The number of likely N-dealkylation sites (N-methyl/N-ethyl adjacent to an activating group) is 1. The first kappa shape index (κ1) is 24.1. The maximum Gasteiger partial charge on any atom is 0.335 e. The topological polar surface area (TPSA) is 103 Å². The number of thioether (sulfide) groups is 1. The lowest BCUT2D eigenvalue weighted by Gasteiger charge is -2.10. The Bertz CT molecular complexity index is 1430. The van der Waals surface area contributed by atoms with Crippen LogP contribution in [0.3, 0.4) is 0 Å². The van der Waals surface area contributed by atoms with Crippen LogP contribution in [0.25, 0.3) is 6.08 Å². The number of ether oxygens (including phenoxy) is 1. The van der Waals surface area contributed by atoms with Crippen molar-refractivity contribution in [1.29, 1.82) is 5.26 Å². The quantitative estimate of drug-likeness (QED) is 0.431. The smallest absolute Gasteiger partial charge is 0.335 e. The van der Waals surface area contributed by atoms with Gasteiger partial charge < -0.3 is 9.84 Å². The second-order valence-corrected chi connectivity index (χ2v) is 8.89. The number of benzene rings is 3. The minimum absolute atomic E-state index is 0.118. The van der Waals surface area contributed by atoms with Crippen LogP contribution in [0.5, 0.6) is 5.75 Å². The molecule has 0 bridgehead atoms. The lowest BCUT2D eigenvalue weighted by atomic mass is 10.1. The van der Waals surface area contributed by atoms with Gasteiger partial charge in [-0.05, 0) is 59.8 Å². The molecular weight excluding hydrogens is 486 g/mol. The highest BCUT2D eigenvalue weighted by Gasteiger charge is 2.30. The van der Waals surface area contributed by atoms with Gasteiger partial charge >= 0.3 is 5.97 Å². The SMILES string of the molecule is CN1C(=O)C(=Cc2ccc(OCc3ccccc3C#N)c(Cl)c2)SC1=Nc1cccc(C(=O)O)c1. The van der Waals surface area contributed by atoms with Crippen molar-refractivity contribution in [2.45, 2.75) is 6.61 Å². The zero-order valence-corrected chi connectivity index (χ0v) is 20.0. The van der Waals surface area contributed by atoms with Crippen LogP contribution in [0.4, 0.5) is 5.69 Å². The minimum atomic E-state index is -1.05. The van der Waals surface area contributed by atoms with E-state index in [0.29, 0.717) is 37.7 Å². The van der Waals surface area contributed by atoms with E-state index in [9.17, 15) is 14.9 Å². The molecule has 3 aromatic rings. The number of halogens is 1. The van der Waals surface area contributed by atoms with Gasteiger partial charge in [0, 0.05) is 12.6 Å². The van der Waals surface area contributed by atoms with E-state index in [-0.39, 0.29) is 18.1 Å². The molecule has 1 N–H and O–H groups in total. The number of hydrogen-bond acceptors (Lipinski definition) is 6. The molecule has 7 nitrogen and oxygen atoms in total. The van der Waals surface area contributed by atoms with Crippen molar-refractivity contribution in [2.24, 2.45) is 4.99 Å². The summed E-state index contributed by atoms with van der Waals surface area (Å²) in [6.45, 7) is 0.200. The van der Waals surface area contributed by atoms with E-state index < -0.39 is 5.97 Å². The summed E-state index contributed by atoms with van der Waals surface area (Å²) < 4.78 is 5.79. The maximum atomic E-state index is 12.7. The molecule has 3 aromatic carbocycles. The highest BCUT2D eigenvalue weighted by atomic mass is 35.5. The monoisotopic (exact) mass is 503 g/mol. The van der Waals surface area contributed by atoms with Crippen LogP contribution in [-0.4, -0.2) is 34.1 Å². The Morgan fingerprint density at radius 1 is 1.20 bits per heavy atom. The van der Waals surface area contributed by atoms with Gasteiger partial charge in [-0.25, -0.2) is 9.79 Å². The Balaban J connectivity index is 1.51. The molecule has 9 heteroatoms. The predicted octanol–water partition coefficient (Wildman–Crippen LogP) is 5.72. The zero-order chi connectivity index (χ0) is 24.9. The lowest BCUT2D eigenvalue weighted by molar-refractivity contribution is -0.121. The second-order valence-electron chi connectivity index (χ2n) is 7.47. The number of amides is 1. The number of rotatable bonds is 6. The van der Waals surface area contributed by atoms with Crippen LogP contribution in [0.15, 0.2) is 76.6 Å². The summed E-state index contributed by atoms with van der Waals surface area (Å²) in [6.07, 6.45) is 1.71. The number of nitrogens with zero attached hydrogens (tertiary/aromatic N) is 3. The molecule has 1 saturated heterocycles. The second kappa shape index (κ2) is 10.5. The van der Waals surface area contributed by atoms with Crippen molar-refractivity contribution in [3.63, 3.8) is 0 Å². The van der Waals surface area contributed by atoms with Gasteiger partial charge in [0.1, 0.15) is 12.4 Å². The summed E-state index contributed by atoms with van der Waals surface area (Å²) in [5.74, 6) is -0.813. The molecular formula is C26H18ClN3O4S. The number of amidine groups is 1. The van der Waals surface area contributed by atoms with Gasteiger partial charge in [-0.15, -0.1) is 0 Å². The fourth-order valence-corrected chi connectivity index (χ4v) is 4.49. The Morgan fingerprint density at radius 3 is 2.74 bits per heavy atom. The Labute approximate surface area is 210 Å². The maximum absolute atomic E-state index is 12.7. The van der Waals surface area contributed by atoms with Crippen LogP contribution >= 0.6 is 23.4 Å². The van der Waals surface area contributed by atoms with Gasteiger partial charge in [0.15, 0.2) is 5.17 Å². The van der Waals surface area contributed by atoms with Crippen LogP contribution in [-0.2, 0) is 11.4 Å². The minimum Gasteiger partial charge on any atom is -0.487 e. The number of carbonyl (C=O) groups is 2. The normalized spacial score (nSPS) is 15.5. The van der Waals surface area contributed by atoms with E-state index in [0.717, 1.165) is 5.56 Å². The van der Waals surface area contributed by atoms with Crippen molar-refractivity contribution in [2.75, 3.05) is 7.05 Å². The number of aromatic carboxylic acids is 1. The van der Waals surface area contributed by atoms with Crippen molar-refractivity contribution >= 4 is 52.2 Å². The van der Waals surface area contributed by atoms with E-state index in [1.54, 1.807) is 55.6 Å². The molecule has 1 aliphatic heterocycles. The summed E-state index contributed by atoms with van der Waals surface area (Å²) in [5, 5.41) is 19.2. The van der Waals surface area contributed by atoms with Crippen molar-refractivity contribution in [3.05, 3.63) is 98.9 Å². The average molecular weight is 504 g/mol. The Kier molecular flexibility index (Phi) is 7.20. The summed E-state index contributed by atoms with van der Waals surface area (Å²) in [4.78, 5) is 30.2. The Morgan fingerprint density at radius 2 is 2.00 bits per heavy atom. The van der Waals surface area contributed by atoms with E-state index in [1.165, 1.54) is 28.8 Å². The predicted molar refractivity (Wildman–Crippen MR) is 136 cm³/mol. The standard InChI is InChI=1S/C26H18ClN3O4S/c1-30-24(31)23(35-26(30)29-20-8-4-7-17(13-20)25(32)33)12-16-9-10-22(21(27)11-16)34-15-19-6-3-2-5-18(19)14-28/h2-13H,15H2,1H3,(H,32,33). The highest BCUT2D eigenvalue weighted by Crippen LogP contribution is 2.34. The van der Waals surface area contributed by atoms with Gasteiger partial charge in [-0.1, -0.05) is 41.9 Å². The first-order valence-electron chi connectivity index (χ1n) is 10.4. The van der Waals surface area contributed by atoms with Crippen LogP contribution in [0.1, 0.15) is 27.0 Å². The fourth-order valence-electron chi connectivity index (χ4n) is 3.26. The number of hydrogen-bond donors (Lipinski definition) is 1. The first-order valence-corrected chi connectivity index (χ1v) is 11.5. The third-order valence-corrected chi connectivity index (χ3v) is 6.45. The van der Waals surface area contributed by atoms with Crippen LogP contribution in [0, 0.1) is 11.3 Å². The molecule has 0 saturated carbocycles. The first-order chi connectivity index (χ1) is 16.9. The molecule has 0 aromatic heterocycles. The molecule has 4 rings (SSSR count). The van der Waals surface area contributed by atoms with E-state index in [1.807, 2.05) is 12.1 Å². The van der Waals surface area contributed by atoms with Gasteiger partial charge in [-0.2, -0.15) is 5.26 Å². The van der Waals surface area contributed by atoms with Gasteiger partial charge in [-0.3, -0.25) is 9.69 Å². The number of carboxylic acid groups (broad SMARTS) is 1. The molecule has 0 unspecified atom stereocenters. The van der Waals surface area contributed by atoms with Gasteiger partial charge in [0.25, 0.3) is 5.91 Å². The number of carbonyl (C=O) groups excluding carboxylic acids is 1. The van der Waals surface area contributed by atoms with Crippen molar-refractivity contribution < 1.29 is 19.4 Å². The molecule has 0 aliphatic carbocycles. The zero-order valence-electron chi connectivity index (χ0n) is 18.4. The van der Waals surface area contributed by atoms with Gasteiger partial charge in [0.2, 0.25) is 0 Å². The van der Waals surface area contributed by atoms with Crippen LogP contribution in [0.2, 0.25) is 5.02 Å². The number of aliphatic imine (C=N–C) groups is 1. The molecule has 35 heavy (non-hydrogen) atoms. The van der Waals surface area contributed by atoms with Crippen molar-refractivity contribution in [3.8, 4) is 11.8 Å². The molecule has 1 heterocycles. The van der Waals surface area contributed by atoms with Crippen LogP contribution < -0.4 is 4.74 Å². The lowest BCUT2D eigenvalue weighted by Crippen LogP contribution is -2.23. The summed E-state index contributed by atoms with van der Waals surface area (Å²) >= 11 is 7.59. The molecule has 1 aliphatic rings. The molecule has 0 radical (unpaired) electrons. The molecule has 1 amide bonds. The highest BCUT2D eigenvalue weighted by molar-refractivity contribution is 8.18. The summed E-state index contributed by atoms with van der Waals surface area (Å²) in [5.41, 5.74) is 2.56. The summed E-state index contributed by atoms with van der Waals surface area (Å²) in [7, 11) is 1.61. The van der Waals surface area contributed by atoms with E-state index >= 15 is 0 Å². The largest absolute Gasteiger partial charge is 0.487 e. The van der Waals surface area contributed by atoms with E-state index in [2.05, 4.69) is 11.1 Å². The molecule has 0 atom stereocenters. The number of nitriles is 1. The number of carboxylic acids is 1. The van der Waals surface area contributed by atoms with Crippen molar-refractivity contribution in [1.82, 2.24) is 4.90 Å². The molecule has 1 fully saturated rings. The average Bonchev–Trinajstić information content (AvgIpc) is 3.11. The fraction of sp³-hybridized carbons (Fsp3) is 0.0769. The molecule has 174 valence electrons. The summed E-state index contributed by atoms with van der Waals surface area (Å²) in [6, 6.07) is 20.7. The third-order valence-electron chi connectivity index (χ3n) is 5.10.